The zero-order valence-corrected chi connectivity index (χ0v) is 9.42. The normalized spacial score (nSPS) is 16.2. The van der Waals surface area contributed by atoms with Crippen molar-refractivity contribution in [2.45, 2.75) is 25.8 Å². The summed E-state index contributed by atoms with van der Waals surface area (Å²) in [5, 5.41) is 6.18. The zero-order chi connectivity index (χ0) is 11.5. The zero-order valence-electron chi connectivity index (χ0n) is 9.42. The maximum Gasteiger partial charge on any atom is 0.224 e. The second-order valence-corrected chi connectivity index (χ2v) is 4.20. The second-order valence-electron chi connectivity index (χ2n) is 4.20. The molecule has 1 aromatic carbocycles. The van der Waals surface area contributed by atoms with E-state index in [4.69, 9.17) is 5.73 Å². The van der Waals surface area contributed by atoms with E-state index in [9.17, 15) is 4.79 Å². The predicted octanol–water partition coefficient (Wildman–Crippen LogP) is 1.33. The molecule has 0 fully saturated rings. The van der Waals surface area contributed by atoms with Crippen molar-refractivity contribution < 1.29 is 4.79 Å². The second kappa shape index (κ2) is 4.53. The molecule has 1 amide bonds. The summed E-state index contributed by atoms with van der Waals surface area (Å²) in [6, 6.07) is 6.26. The van der Waals surface area contributed by atoms with Crippen LogP contribution in [-0.2, 0) is 11.2 Å². The minimum Gasteiger partial charge on any atom is -0.381 e. The van der Waals surface area contributed by atoms with Gasteiger partial charge in [-0.3, -0.25) is 4.79 Å². The molecule has 1 heterocycles. The van der Waals surface area contributed by atoms with Crippen LogP contribution in [0.3, 0.4) is 0 Å². The Balaban J connectivity index is 2.16. The number of carbonyl (C=O) groups excluding carboxylic acids is 1. The maximum absolute atomic E-state index is 11.2. The summed E-state index contributed by atoms with van der Waals surface area (Å²) in [6.07, 6.45) is 1.39. The molecule has 1 unspecified atom stereocenters. The number of carbonyl (C=O) groups is 1. The molecule has 4 nitrogen and oxygen atoms in total. The first-order valence-electron chi connectivity index (χ1n) is 5.58. The molecule has 1 atom stereocenters. The Morgan fingerprint density at radius 1 is 1.50 bits per heavy atom. The lowest BCUT2D eigenvalue weighted by Crippen LogP contribution is -2.25. The molecule has 86 valence electrons. The van der Waals surface area contributed by atoms with Crippen LogP contribution in [0.1, 0.15) is 18.9 Å². The average Bonchev–Trinajstić information content (AvgIpc) is 2.29. The number of amides is 1. The Kier molecular flexibility index (Phi) is 3.10. The number of hydrogen-bond acceptors (Lipinski definition) is 3. The highest BCUT2D eigenvalue weighted by molar-refractivity contribution is 5.94. The van der Waals surface area contributed by atoms with Gasteiger partial charge >= 0.3 is 0 Å². The predicted molar refractivity (Wildman–Crippen MR) is 65.5 cm³/mol. The van der Waals surface area contributed by atoms with Crippen LogP contribution in [-0.4, -0.2) is 18.5 Å². The summed E-state index contributed by atoms with van der Waals surface area (Å²) >= 11 is 0. The van der Waals surface area contributed by atoms with Gasteiger partial charge in [0, 0.05) is 30.4 Å². The van der Waals surface area contributed by atoms with Crippen molar-refractivity contribution in [3.63, 3.8) is 0 Å². The van der Waals surface area contributed by atoms with Crippen LogP contribution in [0.25, 0.3) is 0 Å². The highest BCUT2D eigenvalue weighted by Crippen LogP contribution is 2.25. The van der Waals surface area contributed by atoms with Gasteiger partial charge in [-0.15, -0.1) is 0 Å². The molecule has 0 spiro atoms. The first-order valence-corrected chi connectivity index (χ1v) is 5.58. The fourth-order valence-corrected chi connectivity index (χ4v) is 1.82. The van der Waals surface area contributed by atoms with Gasteiger partial charge in [0.15, 0.2) is 0 Å². The van der Waals surface area contributed by atoms with Gasteiger partial charge in [-0.2, -0.15) is 0 Å². The van der Waals surface area contributed by atoms with Crippen LogP contribution >= 0.6 is 0 Å². The van der Waals surface area contributed by atoms with E-state index >= 15 is 0 Å². The fourth-order valence-electron chi connectivity index (χ4n) is 1.82. The van der Waals surface area contributed by atoms with Crippen molar-refractivity contribution in [3.05, 3.63) is 23.8 Å². The lowest BCUT2D eigenvalue weighted by Gasteiger charge is -2.19. The third kappa shape index (κ3) is 2.33. The van der Waals surface area contributed by atoms with E-state index < -0.39 is 0 Å². The monoisotopic (exact) mass is 219 g/mol. The summed E-state index contributed by atoms with van der Waals surface area (Å²) in [6.45, 7) is 2.65. The van der Waals surface area contributed by atoms with Gasteiger partial charge in [-0.1, -0.05) is 0 Å². The van der Waals surface area contributed by atoms with Gasteiger partial charge in [0.1, 0.15) is 0 Å². The highest BCUT2D eigenvalue weighted by atomic mass is 16.1. The van der Waals surface area contributed by atoms with Crippen molar-refractivity contribution in [1.29, 1.82) is 0 Å². The third-order valence-corrected chi connectivity index (χ3v) is 2.77. The van der Waals surface area contributed by atoms with Crippen LogP contribution in [0.15, 0.2) is 18.2 Å². The van der Waals surface area contributed by atoms with E-state index in [1.165, 1.54) is 5.56 Å². The molecule has 0 saturated heterocycles. The first-order chi connectivity index (χ1) is 7.69. The molecule has 1 aliphatic heterocycles. The Morgan fingerprint density at radius 2 is 2.31 bits per heavy atom. The number of hydrogen-bond donors (Lipinski definition) is 3. The van der Waals surface area contributed by atoms with Crippen molar-refractivity contribution >= 4 is 17.3 Å². The first kappa shape index (κ1) is 11.0. The van der Waals surface area contributed by atoms with Gasteiger partial charge in [-0.25, -0.2) is 0 Å². The summed E-state index contributed by atoms with van der Waals surface area (Å²) in [5.74, 6) is 0.100. The van der Waals surface area contributed by atoms with Gasteiger partial charge in [0.05, 0.1) is 0 Å². The van der Waals surface area contributed by atoms with Crippen LogP contribution in [0.5, 0.6) is 0 Å². The third-order valence-electron chi connectivity index (χ3n) is 2.77. The van der Waals surface area contributed by atoms with E-state index in [1.54, 1.807) is 0 Å². The van der Waals surface area contributed by atoms with Gasteiger partial charge in [0.2, 0.25) is 5.91 Å². The SMILES string of the molecule is CC(CN)Nc1ccc2c(c1)CCC(=O)N2. The number of aryl methyl sites for hydroxylation is 1. The van der Waals surface area contributed by atoms with E-state index in [0.29, 0.717) is 13.0 Å². The quantitative estimate of drug-likeness (QED) is 0.718. The van der Waals surface area contributed by atoms with E-state index in [0.717, 1.165) is 17.8 Å². The van der Waals surface area contributed by atoms with Crippen LogP contribution < -0.4 is 16.4 Å². The molecule has 0 saturated carbocycles. The van der Waals surface area contributed by atoms with Crippen LogP contribution in [0.4, 0.5) is 11.4 Å². The lowest BCUT2D eigenvalue weighted by atomic mass is 10.0. The molecular formula is C12H17N3O. The number of anilines is 2. The standard InChI is InChI=1S/C12H17N3O/c1-8(7-13)14-10-3-4-11-9(6-10)2-5-12(16)15-11/h3-4,6,8,14H,2,5,7,13H2,1H3,(H,15,16). The number of nitrogens with two attached hydrogens (primary N) is 1. The van der Waals surface area contributed by atoms with Crippen LogP contribution in [0.2, 0.25) is 0 Å². The van der Waals surface area contributed by atoms with Crippen molar-refractivity contribution in [2.24, 2.45) is 5.73 Å². The number of fused-ring (bicyclic) bond motifs is 1. The molecule has 4 heteroatoms. The Labute approximate surface area is 95.2 Å². The molecule has 2 rings (SSSR count). The molecule has 0 bridgehead atoms. The largest absolute Gasteiger partial charge is 0.381 e. The number of benzene rings is 1. The average molecular weight is 219 g/mol. The fraction of sp³-hybridized carbons (Fsp3) is 0.417. The highest BCUT2D eigenvalue weighted by Gasteiger charge is 2.14. The number of rotatable bonds is 3. The van der Waals surface area contributed by atoms with Crippen molar-refractivity contribution in [3.8, 4) is 0 Å². The topological polar surface area (TPSA) is 67.1 Å². The van der Waals surface area contributed by atoms with Gasteiger partial charge in [-0.05, 0) is 37.1 Å². The smallest absolute Gasteiger partial charge is 0.224 e. The summed E-state index contributed by atoms with van der Waals surface area (Å²) < 4.78 is 0. The molecular weight excluding hydrogens is 202 g/mol. The van der Waals surface area contributed by atoms with Crippen LogP contribution in [0, 0.1) is 0 Å². The number of nitrogens with one attached hydrogen (secondary N) is 2. The Morgan fingerprint density at radius 3 is 3.06 bits per heavy atom. The Bertz CT molecular complexity index is 403. The summed E-state index contributed by atoms with van der Waals surface area (Å²) in [5.41, 5.74) is 8.74. The molecule has 0 aliphatic carbocycles. The molecule has 0 radical (unpaired) electrons. The van der Waals surface area contributed by atoms with E-state index in [-0.39, 0.29) is 11.9 Å². The Hall–Kier alpha value is -1.55. The van der Waals surface area contributed by atoms with Gasteiger partial charge < -0.3 is 16.4 Å². The minimum atomic E-state index is 0.100. The molecule has 0 aromatic heterocycles. The maximum atomic E-state index is 11.2. The molecule has 1 aromatic rings. The molecule has 4 N–H and O–H groups in total. The van der Waals surface area contributed by atoms with E-state index in [2.05, 4.69) is 16.7 Å². The van der Waals surface area contributed by atoms with E-state index in [1.807, 2.05) is 19.1 Å². The van der Waals surface area contributed by atoms with Crippen molar-refractivity contribution in [2.75, 3.05) is 17.2 Å². The van der Waals surface area contributed by atoms with Crippen molar-refractivity contribution in [1.82, 2.24) is 0 Å². The lowest BCUT2D eigenvalue weighted by molar-refractivity contribution is -0.116. The summed E-state index contributed by atoms with van der Waals surface area (Å²) in [7, 11) is 0. The summed E-state index contributed by atoms with van der Waals surface area (Å²) in [4.78, 5) is 11.2. The molecule has 16 heavy (non-hydrogen) atoms. The minimum absolute atomic E-state index is 0.100. The van der Waals surface area contributed by atoms with Gasteiger partial charge in [0.25, 0.3) is 0 Å². The molecule has 1 aliphatic rings.